The zero-order valence-electron chi connectivity index (χ0n) is 15.9. The number of nitrogens with one attached hydrogen (secondary N) is 1. The predicted octanol–water partition coefficient (Wildman–Crippen LogP) is 2.74. The van der Waals surface area contributed by atoms with E-state index in [2.05, 4.69) is 5.32 Å². The van der Waals surface area contributed by atoms with E-state index in [1.807, 2.05) is 20.8 Å². The molecule has 0 fully saturated rings. The van der Waals surface area contributed by atoms with Crippen molar-refractivity contribution in [3.8, 4) is 5.75 Å². The van der Waals surface area contributed by atoms with Gasteiger partial charge in [-0.3, -0.25) is 4.79 Å². The van der Waals surface area contributed by atoms with Crippen LogP contribution in [0.25, 0.3) is 11.0 Å². The predicted molar refractivity (Wildman–Crippen MR) is 101 cm³/mol. The first-order valence-electron chi connectivity index (χ1n) is 8.97. The highest BCUT2D eigenvalue weighted by molar-refractivity contribution is 5.86. The number of ether oxygens (including phenoxy) is 1. The van der Waals surface area contributed by atoms with E-state index in [1.165, 1.54) is 13.0 Å². The number of hydrogen-bond acceptors (Lipinski definition) is 5. The van der Waals surface area contributed by atoms with Gasteiger partial charge in [0.25, 0.3) is 5.91 Å². The molecule has 0 aliphatic heterocycles. The highest BCUT2D eigenvalue weighted by Crippen LogP contribution is 2.23. The molecule has 0 unspecified atom stereocenters. The van der Waals surface area contributed by atoms with Gasteiger partial charge in [-0.1, -0.05) is 20.8 Å². The zero-order chi connectivity index (χ0) is 20.1. The Hall–Kier alpha value is -2.83. The van der Waals surface area contributed by atoms with Crippen LogP contribution in [0.1, 0.15) is 39.7 Å². The molecule has 2 N–H and O–H groups in total. The van der Waals surface area contributed by atoms with Crippen LogP contribution in [-0.4, -0.2) is 29.1 Å². The molecule has 2 atom stereocenters. The third-order valence-corrected chi connectivity index (χ3v) is 4.19. The summed E-state index contributed by atoms with van der Waals surface area (Å²) in [6, 6.07) is 5.51. The van der Waals surface area contributed by atoms with Crippen LogP contribution < -0.4 is 15.7 Å². The molecule has 1 heterocycles. The summed E-state index contributed by atoms with van der Waals surface area (Å²) in [5.41, 5.74) is 0.810. The summed E-state index contributed by atoms with van der Waals surface area (Å²) in [6.45, 7) is 7.25. The van der Waals surface area contributed by atoms with Crippen molar-refractivity contribution >= 4 is 22.8 Å². The number of amides is 1. The fourth-order valence-electron chi connectivity index (χ4n) is 2.82. The quantitative estimate of drug-likeness (QED) is 0.687. The van der Waals surface area contributed by atoms with E-state index in [-0.39, 0.29) is 5.92 Å². The summed E-state index contributed by atoms with van der Waals surface area (Å²) in [4.78, 5) is 35.2. The fourth-order valence-corrected chi connectivity index (χ4v) is 2.82. The molecule has 7 heteroatoms. The minimum atomic E-state index is -1.08. The molecular weight excluding hydrogens is 350 g/mol. The summed E-state index contributed by atoms with van der Waals surface area (Å²) in [7, 11) is 0. The van der Waals surface area contributed by atoms with Gasteiger partial charge in [0.2, 0.25) is 0 Å². The smallest absolute Gasteiger partial charge is 0.336 e. The second-order valence-electron chi connectivity index (χ2n) is 6.89. The van der Waals surface area contributed by atoms with Crippen molar-refractivity contribution in [3.05, 3.63) is 40.2 Å². The number of aliphatic carboxylic acids is 1. The molecule has 1 aromatic carbocycles. The maximum absolute atomic E-state index is 12.3. The van der Waals surface area contributed by atoms with Crippen LogP contribution in [0, 0.1) is 5.92 Å². The van der Waals surface area contributed by atoms with Crippen LogP contribution >= 0.6 is 0 Å². The van der Waals surface area contributed by atoms with Gasteiger partial charge in [0.1, 0.15) is 17.4 Å². The molecule has 0 bridgehead atoms. The highest BCUT2D eigenvalue weighted by Gasteiger charge is 2.24. The summed E-state index contributed by atoms with van der Waals surface area (Å²) in [5, 5.41) is 12.5. The third-order valence-electron chi connectivity index (χ3n) is 4.19. The van der Waals surface area contributed by atoms with E-state index in [4.69, 9.17) is 9.15 Å². The van der Waals surface area contributed by atoms with Gasteiger partial charge in [0, 0.05) is 17.5 Å². The van der Waals surface area contributed by atoms with Gasteiger partial charge in [-0.05, 0) is 43.4 Å². The lowest BCUT2D eigenvalue weighted by atomic mass is 10.0. The molecular formula is C20H25NO6. The monoisotopic (exact) mass is 375 g/mol. The molecule has 0 aliphatic rings. The minimum absolute atomic E-state index is 0.124. The van der Waals surface area contributed by atoms with Gasteiger partial charge in [-0.2, -0.15) is 0 Å². The van der Waals surface area contributed by atoms with Crippen LogP contribution in [-0.2, 0) is 16.0 Å². The number of benzene rings is 1. The topological polar surface area (TPSA) is 106 Å². The van der Waals surface area contributed by atoms with Crippen molar-refractivity contribution in [1.82, 2.24) is 5.32 Å². The molecule has 0 aliphatic carbocycles. The number of aryl methyl sites for hydroxylation is 1. The van der Waals surface area contributed by atoms with E-state index in [1.54, 1.807) is 18.2 Å². The number of carbonyl (C=O) groups excluding carboxylic acids is 1. The lowest BCUT2D eigenvalue weighted by molar-refractivity contribution is -0.143. The molecule has 2 aromatic rings. The Labute approximate surface area is 157 Å². The Kier molecular flexibility index (Phi) is 6.60. The van der Waals surface area contributed by atoms with Crippen LogP contribution in [0.3, 0.4) is 0 Å². The molecule has 0 saturated heterocycles. The van der Waals surface area contributed by atoms with E-state index < -0.39 is 29.6 Å². The molecule has 146 valence electrons. The fraction of sp³-hybridized carbons (Fsp3) is 0.450. The average Bonchev–Trinajstić information content (AvgIpc) is 2.59. The van der Waals surface area contributed by atoms with Gasteiger partial charge in [-0.25, -0.2) is 9.59 Å². The van der Waals surface area contributed by atoms with E-state index in [9.17, 15) is 19.5 Å². The van der Waals surface area contributed by atoms with Crippen LogP contribution in [0.4, 0.5) is 0 Å². The zero-order valence-corrected chi connectivity index (χ0v) is 15.9. The Morgan fingerprint density at radius 2 is 1.93 bits per heavy atom. The van der Waals surface area contributed by atoms with Gasteiger partial charge < -0.3 is 19.6 Å². The van der Waals surface area contributed by atoms with Crippen molar-refractivity contribution in [2.45, 2.75) is 52.7 Å². The number of carbonyl (C=O) groups is 2. The normalized spacial score (nSPS) is 13.4. The Morgan fingerprint density at radius 3 is 2.52 bits per heavy atom. The average molecular weight is 375 g/mol. The summed E-state index contributed by atoms with van der Waals surface area (Å²) in [6.07, 6.45) is 0.111. The molecule has 0 radical (unpaired) electrons. The molecule has 0 saturated carbocycles. The van der Waals surface area contributed by atoms with Crippen LogP contribution in [0.2, 0.25) is 0 Å². The first-order chi connectivity index (χ1) is 12.7. The van der Waals surface area contributed by atoms with E-state index in [0.29, 0.717) is 24.2 Å². The molecule has 2 rings (SSSR count). The highest BCUT2D eigenvalue weighted by atomic mass is 16.5. The number of carboxylic acids is 1. The van der Waals surface area contributed by atoms with Gasteiger partial charge in [0.05, 0.1) is 0 Å². The van der Waals surface area contributed by atoms with E-state index >= 15 is 0 Å². The van der Waals surface area contributed by atoms with Crippen LogP contribution in [0.5, 0.6) is 5.75 Å². The molecule has 27 heavy (non-hydrogen) atoms. The molecule has 7 nitrogen and oxygen atoms in total. The SMILES string of the molecule is CCc1cc(=O)oc2cc(O[C@H](C)C(=O)N[C@@H](CC(C)C)C(=O)O)ccc12. The first kappa shape index (κ1) is 20.5. The minimum Gasteiger partial charge on any atom is -0.481 e. The first-order valence-corrected chi connectivity index (χ1v) is 8.97. The molecule has 0 spiro atoms. The standard InChI is InChI=1S/C20H25NO6/c1-5-13-9-18(22)27-17-10-14(6-7-15(13)17)26-12(4)19(23)21-16(20(24)25)8-11(2)3/h6-7,9-12,16H,5,8H2,1-4H3,(H,21,23)(H,24,25)/t12-,16+/m1/s1. The summed E-state index contributed by atoms with van der Waals surface area (Å²) >= 11 is 0. The van der Waals surface area contributed by atoms with Crippen molar-refractivity contribution < 1.29 is 23.8 Å². The second-order valence-corrected chi connectivity index (χ2v) is 6.89. The third kappa shape index (κ3) is 5.32. The summed E-state index contributed by atoms with van der Waals surface area (Å²) < 4.78 is 10.8. The number of hydrogen-bond donors (Lipinski definition) is 2. The van der Waals surface area contributed by atoms with Crippen molar-refractivity contribution in [3.63, 3.8) is 0 Å². The maximum atomic E-state index is 12.3. The van der Waals surface area contributed by atoms with Crippen LogP contribution in [0.15, 0.2) is 33.5 Å². The number of carboxylic acid groups (broad SMARTS) is 1. The van der Waals surface area contributed by atoms with Gasteiger partial charge >= 0.3 is 11.6 Å². The van der Waals surface area contributed by atoms with E-state index in [0.717, 1.165) is 10.9 Å². The van der Waals surface area contributed by atoms with Gasteiger partial charge in [0.15, 0.2) is 6.10 Å². The second kappa shape index (κ2) is 8.70. The lowest BCUT2D eigenvalue weighted by Crippen LogP contribution is -2.46. The molecule has 1 amide bonds. The van der Waals surface area contributed by atoms with Gasteiger partial charge in [-0.15, -0.1) is 0 Å². The Morgan fingerprint density at radius 1 is 1.22 bits per heavy atom. The van der Waals surface area contributed by atoms with Crippen molar-refractivity contribution in [2.75, 3.05) is 0 Å². The maximum Gasteiger partial charge on any atom is 0.336 e. The number of fused-ring (bicyclic) bond motifs is 1. The lowest BCUT2D eigenvalue weighted by Gasteiger charge is -2.20. The Balaban J connectivity index is 2.14. The van der Waals surface area contributed by atoms with Crippen molar-refractivity contribution in [2.24, 2.45) is 5.92 Å². The number of rotatable bonds is 8. The Bertz CT molecular complexity index is 886. The molecule has 1 aromatic heterocycles. The summed E-state index contributed by atoms with van der Waals surface area (Å²) in [5.74, 6) is -1.12. The van der Waals surface area contributed by atoms with Crippen molar-refractivity contribution in [1.29, 1.82) is 0 Å². The largest absolute Gasteiger partial charge is 0.481 e.